The van der Waals surface area contributed by atoms with Crippen LogP contribution in [0.3, 0.4) is 0 Å². The number of hydrogen-bond donors (Lipinski definition) is 2. The molecule has 0 saturated heterocycles. The maximum absolute atomic E-state index is 12.3. The number of ether oxygens (including phenoxy) is 1. The van der Waals surface area contributed by atoms with Gasteiger partial charge < -0.3 is 15.4 Å². The molecule has 0 atom stereocenters. The molecule has 0 unspecified atom stereocenters. The number of fused-ring (bicyclic) bond motifs is 1. The Morgan fingerprint density at radius 1 is 1.38 bits per heavy atom. The topological polar surface area (TPSA) is 63.2 Å². The van der Waals surface area contributed by atoms with Gasteiger partial charge in [0.25, 0.3) is 0 Å². The molecule has 1 aromatic heterocycles. The standard InChI is InChI=1S/C18H20ClN3O2/c1-11-13(5-4-8-20-11)10-21-17(23)22-15-14(19)7-6-12-9-18(2,3)24-16(12)15/h4-8H,9-10H2,1-3H3,(H2,21,22,23). The molecule has 0 bridgehead atoms. The van der Waals surface area contributed by atoms with E-state index in [1.54, 1.807) is 12.3 Å². The van der Waals surface area contributed by atoms with Crippen LogP contribution in [0, 0.1) is 6.92 Å². The fourth-order valence-corrected chi connectivity index (χ4v) is 2.98. The second-order valence-electron chi connectivity index (χ2n) is 6.50. The molecule has 1 aliphatic rings. The summed E-state index contributed by atoms with van der Waals surface area (Å²) >= 11 is 6.25. The number of aryl methyl sites for hydroxylation is 1. The lowest BCUT2D eigenvalue weighted by molar-refractivity contribution is 0.139. The van der Waals surface area contributed by atoms with Crippen LogP contribution in [-0.4, -0.2) is 16.6 Å². The Kier molecular flexibility index (Phi) is 4.37. The van der Waals surface area contributed by atoms with Gasteiger partial charge >= 0.3 is 6.03 Å². The lowest BCUT2D eigenvalue weighted by atomic mass is 10.0. The average Bonchev–Trinajstić information content (AvgIpc) is 2.84. The SMILES string of the molecule is Cc1ncccc1CNC(=O)Nc1c(Cl)ccc2c1OC(C)(C)C2. The molecule has 0 aliphatic carbocycles. The Bertz CT molecular complexity index is 790. The number of nitrogens with one attached hydrogen (secondary N) is 2. The van der Waals surface area contributed by atoms with Gasteiger partial charge in [-0.2, -0.15) is 0 Å². The van der Waals surface area contributed by atoms with E-state index in [-0.39, 0.29) is 11.6 Å². The normalized spacial score (nSPS) is 14.7. The van der Waals surface area contributed by atoms with Crippen LogP contribution in [0.2, 0.25) is 5.02 Å². The molecule has 1 aliphatic heterocycles. The number of urea groups is 1. The van der Waals surface area contributed by atoms with Crippen molar-refractivity contribution in [1.29, 1.82) is 0 Å². The first kappa shape index (κ1) is 16.6. The number of carbonyl (C=O) groups excluding carboxylic acids is 1. The first-order valence-electron chi connectivity index (χ1n) is 7.81. The van der Waals surface area contributed by atoms with E-state index in [9.17, 15) is 4.79 Å². The number of rotatable bonds is 3. The summed E-state index contributed by atoms with van der Waals surface area (Å²) in [5.74, 6) is 0.653. The molecule has 0 fully saturated rings. The Labute approximate surface area is 146 Å². The Morgan fingerprint density at radius 2 is 2.17 bits per heavy atom. The van der Waals surface area contributed by atoms with Crippen molar-refractivity contribution < 1.29 is 9.53 Å². The number of hydrogen-bond acceptors (Lipinski definition) is 3. The second-order valence-corrected chi connectivity index (χ2v) is 6.91. The number of anilines is 1. The Hall–Kier alpha value is -2.27. The molecule has 2 amide bonds. The minimum absolute atomic E-state index is 0.299. The zero-order valence-corrected chi connectivity index (χ0v) is 14.7. The maximum atomic E-state index is 12.3. The molecule has 2 N–H and O–H groups in total. The van der Waals surface area contributed by atoms with Crippen LogP contribution in [0.15, 0.2) is 30.5 Å². The molecule has 2 aromatic rings. The molecular weight excluding hydrogens is 326 g/mol. The van der Waals surface area contributed by atoms with E-state index in [2.05, 4.69) is 15.6 Å². The van der Waals surface area contributed by atoms with Crippen molar-refractivity contribution in [2.45, 2.75) is 39.3 Å². The van der Waals surface area contributed by atoms with Crippen molar-refractivity contribution in [3.05, 3.63) is 52.3 Å². The largest absolute Gasteiger partial charge is 0.485 e. The summed E-state index contributed by atoms with van der Waals surface area (Å²) in [6.07, 6.45) is 2.51. The Morgan fingerprint density at radius 3 is 2.92 bits per heavy atom. The van der Waals surface area contributed by atoms with Gasteiger partial charge in [0.1, 0.15) is 17.0 Å². The highest BCUT2D eigenvalue weighted by Crippen LogP contribution is 2.44. The van der Waals surface area contributed by atoms with Gasteiger partial charge in [-0.1, -0.05) is 23.7 Å². The monoisotopic (exact) mass is 345 g/mol. The van der Waals surface area contributed by atoms with E-state index in [1.165, 1.54) is 0 Å². The van der Waals surface area contributed by atoms with Crippen molar-refractivity contribution in [2.75, 3.05) is 5.32 Å². The zero-order chi connectivity index (χ0) is 17.3. The van der Waals surface area contributed by atoms with Crippen LogP contribution in [-0.2, 0) is 13.0 Å². The number of benzene rings is 1. The predicted molar refractivity (Wildman–Crippen MR) is 94.7 cm³/mol. The molecule has 0 saturated carbocycles. The highest BCUT2D eigenvalue weighted by atomic mass is 35.5. The molecule has 0 radical (unpaired) electrons. The molecule has 6 heteroatoms. The first-order valence-corrected chi connectivity index (χ1v) is 8.19. The lowest BCUT2D eigenvalue weighted by Crippen LogP contribution is -2.29. The number of amides is 2. The highest BCUT2D eigenvalue weighted by Gasteiger charge is 2.33. The van der Waals surface area contributed by atoms with Gasteiger partial charge in [0.05, 0.1) is 5.02 Å². The van der Waals surface area contributed by atoms with E-state index < -0.39 is 0 Å². The number of aromatic nitrogens is 1. The summed E-state index contributed by atoms with van der Waals surface area (Å²) in [4.78, 5) is 16.5. The first-order chi connectivity index (χ1) is 11.4. The number of pyridine rings is 1. The van der Waals surface area contributed by atoms with E-state index in [4.69, 9.17) is 16.3 Å². The number of carbonyl (C=O) groups is 1. The van der Waals surface area contributed by atoms with Gasteiger partial charge in [-0.25, -0.2) is 4.79 Å². The summed E-state index contributed by atoms with van der Waals surface area (Å²) in [6, 6.07) is 7.17. The van der Waals surface area contributed by atoms with E-state index in [0.29, 0.717) is 23.0 Å². The van der Waals surface area contributed by atoms with E-state index >= 15 is 0 Å². The fourth-order valence-electron chi connectivity index (χ4n) is 2.78. The van der Waals surface area contributed by atoms with Crippen molar-refractivity contribution >= 4 is 23.3 Å². The van der Waals surface area contributed by atoms with Gasteiger partial charge in [-0.3, -0.25) is 4.98 Å². The summed E-state index contributed by atoms with van der Waals surface area (Å²) in [5.41, 5.74) is 3.12. The smallest absolute Gasteiger partial charge is 0.319 e. The molecule has 5 nitrogen and oxygen atoms in total. The van der Waals surface area contributed by atoms with Crippen LogP contribution in [0.25, 0.3) is 0 Å². The minimum Gasteiger partial charge on any atom is -0.485 e. The third-order valence-electron chi connectivity index (χ3n) is 3.98. The third kappa shape index (κ3) is 3.46. The van der Waals surface area contributed by atoms with Gasteiger partial charge in [0, 0.05) is 30.4 Å². The van der Waals surface area contributed by atoms with Crippen molar-refractivity contribution in [2.24, 2.45) is 0 Å². The Balaban J connectivity index is 1.72. The van der Waals surface area contributed by atoms with Gasteiger partial charge in [0.2, 0.25) is 0 Å². The molecule has 24 heavy (non-hydrogen) atoms. The predicted octanol–water partition coefficient (Wildman–Crippen LogP) is 4.08. The summed E-state index contributed by atoms with van der Waals surface area (Å²) < 4.78 is 5.95. The van der Waals surface area contributed by atoms with E-state index in [1.807, 2.05) is 39.0 Å². The molecular formula is C18H20ClN3O2. The number of nitrogens with zero attached hydrogens (tertiary/aromatic N) is 1. The molecule has 3 rings (SSSR count). The molecule has 2 heterocycles. The second kappa shape index (κ2) is 6.32. The van der Waals surface area contributed by atoms with E-state index in [0.717, 1.165) is 23.2 Å². The van der Waals surface area contributed by atoms with Crippen LogP contribution in [0.4, 0.5) is 10.5 Å². The third-order valence-corrected chi connectivity index (χ3v) is 4.29. The summed E-state index contributed by atoms with van der Waals surface area (Å²) in [7, 11) is 0. The quantitative estimate of drug-likeness (QED) is 0.881. The van der Waals surface area contributed by atoms with Crippen LogP contribution < -0.4 is 15.4 Å². The minimum atomic E-state index is -0.332. The summed E-state index contributed by atoms with van der Waals surface area (Å²) in [5, 5.41) is 6.09. The van der Waals surface area contributed by atoms with Crippen molar-refractivity contribution in [3.8, 4) is 5.75 Å². The van der Waals surface area contributed by atoms with Crippen LogP contribution >= 0.6 is 11.6 Å². The maximum Gasteiger partial charge on any atom is 0.319 e. The average molecular weight is 346 g/mol. The van der Waals surface area contributed by atoms with Crippen molar-refractivity contribution in [3.63, 3.8) is 0 Å². The van der Waals surface area contributed by atoms with Gasteiger partial charge in [0.15, 0.2) is 0 Å². The van der Waals surface area contributed by atoms with Crippen LogP contribution in [0.5, 0.6) is 5.75 Å². The highest BCUT2D eigenvalue weighted by molar-refractivity contribution is 6.34. The fraction of sp³-hybridized carbons (Fsp3) is 0.333. The van der Waals surface area contributed by atoms with Crippen LogP contribution in [0.1, 0.15) is 30.7 Å². The van der Waals surface area contributed by atoms with Gasteiger partial charge in [-0.05, 0) is 38.5 Å². The summed E-state index contributed by atoms with van der Waals surface area (Å²) in [6.45, 7) is 6.32. The lowest BCUT2D eigenvalue weighted by Gasteiger charge is -2.19. The molecule has 1 aromatic carbocycles. The van der Waals surface area contributed by atoms with Gasteiger partial charge in [-0.15, -0.1) is 0 Å². The van der Waals surface area contributed by atoms with Crippen molar-refractivity contribution in [1.82, 2.24) is 10.3 Å². The molecule has 0 spiro atoms. The zero-order valence-electron chi connectivity index (χ0n) is 13.9. The number of halogens is 1. The molecule has 126 valence electrons.